The van der Waals surface area contributed by atoms with Gasteiger partial charge in [0.15, 0.2) is 0 Å². The second-order valence-corrected chi connectivity index (χ2v) is 9.60. The van der Waals surface area contributed by atoms with Gasteiger partial charge in [-0.2, -0.15) is 0 Å². The number of piperazine rings is 1. The average Bonchev–Trinajstić information content (AvgIpc) is 2.73. The highest BCUT2D eigenvalue weighted by molar-refractivity contribution is 5.82. The van der Waals surface area contributed by atoms with Crippen LogP contribution in [0, 0.1) is 0 Å². The molecule has 1 aliphatic rings. The molecule has 0 aromatic carbocycles. The molecule has 0 aromatic rings. The van der Waals surface area contributed by atoms with Crippen LogP contribution in [0.3, 0.4) is 0 Å². The van der Waals surface area contributed by atoms with Gasteiger partial charge in [0.1, 0.15) is 0 Å². The Balaban J connectivity index is 0.00000302. The molecule has 0 aromatic heterocycles. The molecule has 1 saturated heterocycles. The summed E-state index contributed by atoms with van der Waals surface area (Å²) < 4.78 is 0. The summed E-state index contributed by atoms with van der Waals surface area (Å²) in [6.45, 7) is 4.80. The van der Waals surface area contributed by atoms with Crippen LogP contribution in [0.2, 0.25) is 0 Å². The van der Waals surface area contributed by atoms with Gasteiger partial charge in [-0.15, -0.1) is 0 Å². The Bertz CT molecular complexity index is 491. The first-order chi connectivity index (χ1) is 15.1. The molecule has 0 spiro atoms. The zero-order valence-electron chi connectivity index (χ0n) is 22.3. The Morgan fingerprint density at radius 1 is 0.750 bits per heavy atom. The molecule has 1 rings (SSSR count). The molecule has 0 aliphatic carbocycles. The van der Waals surface area contributed by atoms with Crippen molar-refractivity contribution in [2.45, 2.75) is 51.0 Å². The minimum atomic E-state index is -0.0592. The molecule has 1 atom stereocenters. The predicted molar refractivity (Wildman–Crippen MR) is 135 cm³/mol. The van der Waals surface area contributed by atoms with Crippen LogP contribution in [0.4, 0.5) is 0 Å². The van der Waals surface area contributed by atoms with Crippen molar-refractivity contribution in [1.82, 2.24) is 29.8 Å². The van der Waals surface area contributed by atoms with Crippen molar-refractivity contribution in [3.05, 3.63) is 0 Å². The molecule has 8 nitrogen and oxygen atoms in total. The molecule has 190 valence electrons. The second-order valence-electron chi connectivity index (χ2n) is 9.60. The van der Waals surface area contributed by atoms with Crippen molar-refractivity contribution in [3.8, 4) is 0 Å². The number of carbonyl (C=O) groups is 2. The van der Waals surface area contributed by atoms with E-state index in [0.29, 0.717) is 32.6 Å². The number of likely N-dealkylation sites (N-methyl/N-ethyl adjacent to an activating group) is 1. The van der Waals surface area contributed by atoms with E-state index in [2.05, 4.69) is 43.3 Å². The summed E-state index contributed by atoms with van der Waals surface area (Å²) in [5.74, 6) is 0.463. The number of hydrogen-bond acceptors (Lipinski definition) is 6. The third kappa shape index (κ3) is 14.0. The van der Waals surface area contributed by atoms with Gasteiger partial charge < -0.3 is 24.9 Å². The predicted octanol–water partition coefficient (Wildman–Crippen LogP) is 1.28. The van der Waals surface area contributed by atoms with Crippen LogP contribution >= 0.6 is 0 Å². The fraction of sp³-hybridized carbons (Fsp3) is 0.917. The normalized spacial score (nSPS) is 15.2. The molecule has 1 N–H and O–H groups in total. The number of amides is 2. The first-order valence-electron chi connectivity index (χ1n) is 12.2. The molecule has 1 aliphatic heterocycles. The van der Waals surface area contributed by atoms with Crippen molar-refractivity contribution in [3.63, 3.8) is 0 Å². The van der Waals surface area contributed by atoms with E-state index in [9.17, 15) is 9.59 Å². The van der Waals surface area contributed by atoms with Crippen molar-refractivity contribution in [2.75, 3.05) is 95.6 Å². The quantitative estimate of drug-likeness (QED) is 0.421. The van der Waals surface area contributed by atoms with E-state index in [1.807, 2.05) is 42.9 Å². The number of carbonyl (C=O) groups excluding carboxylic acids is 2. The second kappa shape index (κ2) is 18.2. The molecule has 0 saturated carbocycles. The largest absolute Gasteiger partial charge is 0.339 e. The van der Waals surface area contributed by atoms with Crippen molar-refractivity contribution < 1.29 is 9.59 Å². The van der Waals surface area contributed by atoms with Gasteiger partial charge in [0.25, 0.3) is 0 Å². The van der Waals surface area contributed by atoms with E-state index in [1.54, 1.807) is 0 Å². The lowest BCUT2D eigenvalue weighted by atomic mass is 10.1. The standard InChI is InChI=1S/C22H45N5O2.C2H7N/c1-23(2)14-10-7-8-13-21(28)26-16-18-27(19-17-26)22(29)20(25(5)6)12-9-11-15-24(3)4;1-3-2/h20H,7-19H2,1-6H3;3H,1-2H3. The van der Waals surface area contributed by atoms with Gasteiger partial charge >= 0.3 is 0 Å². The van der Waals surface area contributed by atoms with Crippen LogP contribution in [0.15, 0.2) is 0 Å². The summed E-state index contributed by atoms with van der Waals surface area (Å²) in [4.78, 5) is 35.8. The number of unbranched alkanes of at least 4 members (excludes halogenated alkanes) is 3. The first-order valence-corrected chi connectivity index (χ1v) is 12.2. The Morgan fingerprint density at radius 3 is 1.69 bits per heavy atom. The molecular weight excluding hydrogens is 404 g/mol. The van der Waals surface area contributed by atoms with E-state index in [-0.39, 0.29) is 17.9 Å². The van der Waals surface area contributed by atoms with Crippen LogP contribution < -0.4 is 5.32 Å². The highest BCUT2D eigenvalue weighted by Gasteiger charge is 2.29. The first kappa shape index (κ1) is 30.8. The molecule has 8 heteroatoms. The van der Waals surface area contributed by atoms with Gasteiger partial charge in [0.05, 0.1) is 6.04 Å². The van der Waals surface area contributed by atoms with Crippen LogP contribution in [0.25, 0.3) is 0 Å². The topological polar surface area (TPSA) is 62.4 Å². The van der Waals surface area contributed by atoms with E-state index in [0.717, 1.165) is 51.6 Å². The molecule has 1 fully saturated rings. The Hall–Kier alpha value is -1.22. The average molecular weight is 457 g/mol. The lowest BCUT2D eigenvalue weighted by molar-refractivity contribution is -0.142. The molecule has 0 bridgehead atoms. The van der Waals surface area contributed by atoms with Gasteiger partial charge in [-0.3, -0.25) is 14.5 Å². The maximum atomic E-state index is 13.0. The van der Waals surface area contributed by atoms with Crippen LogP contribution in [0.1, 0.15) is 44.9 Å². The van der Waals surface area contributed by atoms with E-state index in [4.69, 9.17) is 0 Å². The third-order valence-corrected chi connectivity index (χ3v) is 5.68. The maximum Gasteiger partial charge on any atom is 0.240 e. The molecule has 1 heterocycles. The summed E-state index contributed by atoms with van der Waals surface area (Å²) in [6.07, 6.45) is 6.89. The highest BCUT2D eigenvalue weighted by atomic mass is 16.2. The molecular formula is C24H52N6O2. The maximum absolute atomic E-state index is 13.0. The summed E-state index contributed by atoms with van der Waals surface area (Å²) in [6, 6.07) is -0.0592. The fourth-order valence-corrected chi connectivity index (χ4v) is 3.79. The minimum absolute atomic E-state index is 0.0592. The highest BCUT2D eigenvalue weighted by Crippen LogP contribution is 2.13. The summed E-state index contributed by atoms with van der Waals surface area (Å²) in [7, 11) is 16.1. The number of nitrogens with zero attached hydrogens (tertiary/aromatic N) is 5. The third-order valence-electron chi connectivity index (χ3n) is 5.68. The molecule has 0 radical (unpaired) electrons. The van der Waals surface area contributed by atoms with E-state index < -0.39 is 0 Å². The van der Waals surface area contributed by atoms with Gasteiger partial charge in [0, 0.05) is 32.6 Å². The van der Waals surface area contributed by atoms with E-state index in [1.165, 1.54) is 0 Å². The van der Waals surface area contributed by atoms with Crippen molar-refractivity contribution in [2.24, 2.45) is 0 Å². The monoisotopic (exact) mass is 456 g/mol. The Kier molecular flexibility index (Phi) is 17.5. The lowest BCUT2D eigenvalue weighted by Crippen LogP contribution is -2.55. The lowest BCUT2D eigenvalue weighted by Gasteiger charge is -2.37. The fourth-order valence-electron chi connectivity index (χ4n) is 3.79. The summed E-state index contributed by atoms with van der Waals surface area (Å²) in [5.41, 5.74) is 0. The van der Waals surface area contributed by atoms with Crippen molar-refractivity contribution >= 4 is 11.8 Å². The van der Waals surface area contributed by atoms with Gasteiger partial charge in [-0.05, 0) is 95.2 Å². The Morgan fingerprint density at radius 2 is 1.22 bits per heavy atom. The van der Waals surface area contributed by atoms with Gasteiger partial charge in [-0.1, -0.05) is 12.8 Å². The van der Waals surface area contributed by atoms with Crippen LogP contribution in [-0.2, 0) is 9.59 Å². The summed E-state index contributed by atoms with van der Waals surface area (Å²) >= 11 is 0. The number of nitrogens with one attached hydrogen (secondary N) is 1. The number of hydrogen-bond donors (Lipinski definition) is 1. The van der Waals surface area contributed by atoms with Gasteiger partial charge in [0.2, 0.25) is 11.8 Å². The SMILES string of the molecule is CN(C)CCCCCC(=O)N1CCN(C(=O)C(CCCCN(C)C)N(C)C)CC1.CNC. The van der Waals surface area contributed by atoms with Gasteiger partial charge in [-0.25, -0.2) is 0 Å². The summed E-state index contributed by atoms with van der Waals surface area (Å²) in [5, 5.41) is 2.75. The smallest absolute Gasteiger partial charge is 0.240 e. The minimum Gasteiger partial charge on any atom is -0.339 e. The molecule has 2 amide bonds. The van der Waals surface area contributed by atoms with Crippen molar-refractivity contribution in [1.29, 1.82) is 0 Å². The van der Waals surface area contributed by atoms with Crippen LogP contribution in [0.5, 0.6) is 0 Å². The van der Waals surface area contributed by atoms with Crippen LogP contribution in [-0.4, -0.2) is 138 Å². The zero-order valence-corrected chi connectivity index (χ0v) is 22.3. The Labute approximate surface area is 198 Å². The zero-order chi connectivity index (χ0) is 24.5. The molecule has 32 heavy (non-hydrogen) atoms. The van der Waals surface area contributed by atoms with E-state index >= 15 is 0 Å². The number of rotatable bonds is 13. The molecule has 1 unspecified atom stereocenters.